The van der Waals surface area contributed by atoms with Crippen LogP contribution in [0.25, 0.3) is 0 Å². The molecule has 0 radical (unpaired) electrons. The number of aliphatic hydroxyl groups excluding tert-OH is 1. The molecule has 0 amide bonds. The minimum absolute atomic E-state index is 0.230. The van der Waals surface area contributed by atoms with Crippen LogP contribution in [0.1, 0.15) is 0 Å². The monoisotopic (exact) mass is 166 g/mol. The predicted molar refractivity (Wildman–Crippen MR) is 44.7 cm³/mol. The van der Waals surface area contributed by atoms with Crippen molar-refractivity contribution < 1.29 is 5.11 Å². The zero-order valence-corrected chi connectivity index (χ0v) is 6.51. The number of nitrogens with two attached hydrogens (primary N) is 1. The normalized spacial score (nSPS) is 17.6. The van der Waals surface area contributed by atoms with E-state index in [1.807, 2.05) is 4.90 Å². The van der Waals surface area contributed by atoms with E-state index >= 15 is 0 Å². The summed E-state index contributed by atoms with van der Waals surface area (Å²) >= 11 is 0. The summed E-state index contributed by atoms with van der Waals surface area (Å²) in [7, 11) is 0. The van der Waals surface area contributed by atoms with Gasteiger partial charge in [0.25, 0.3) is 0 Å². The fourth-order valence-electron chi connectivity index (χ4n) is 1.11. The molecule has 0 saturated carbocycles. The Morgan fingerprint density at radius 1 is 1.42 bits per heavy atom. The molecule has 5 nitrogen and oxygen atoms in total. The maximum atomic E-state index is 9.01. The highest BCUT2D eigenvalue weighted by atomic mass is 16.3. The zero-order chi connectivity index (χ0) is 8.55. The zero-order valence-electron chi connectivity index (χ0n) is 6.51. The lowest BCUT2D eigenvalue weighted by molar-refractivity contribution is 0.140. The van der Waals surface area contributed by atoms with E-state index in [-0.39, 0.29) is 6.10 Å². The number of anilines is 2. The molecule has 0 aliphatic carbocycles. The van der Waals surface area contributed by atoms with Crippen LogP contribution < -0.4 is 10.6 Å². The second kappa shape index (κ2) is 2.60. The van der Waals surface area contributed by atoms with E-state index < -0.39 is 0 Å². The average Bonchev–Trinajstić information content (AvgIpc) is 2.01. The number of nitrogens with zero attached hydrogens (tertiary/aromatic N) is 3. The van der Waals surface area contributed by atoms with Crippen molar-refractivity contribution in [2.45, 2.75) is 6.10 Å². The van der Waals surface area contributed by atoms with Crippen LogP contribution in [0, 0.1) is 0 Å². The number of aliphatic hydroxyl groups is 1. The Morgan fingerprint density at radius 2 is 2.00 bits per heavy atom. The maximum absolute atomic E-state index is 9.01. The van der Waals surface area contributed by atoms with Crippen molar-refractivity contribution in [1.82, 2.24) is 9.97 Å². The molecule has 1 aliphatic rings. The molecule has 1 fully saturated rings. The SMILES string of the molecule is Nc1cnc(N2CC(O)C2)nc1. The Labute approximate surface area is 69.9 Å². The molecule has 1 aromatic rings. The van der Waals surface area contributed by atoms with Gasteiger partial charge < -0.3 is 15.7 Å². The van der Waals surface area contributed by atoms with Gasteiger partial charge in [-0.25, -0.2) is 9.97 Å². The van der Waals surface area contributed by atoms with Gasteiger partial charge in [-0.3, -0.25) is 0 Å². The van der Waals surface area contributed by atoms with Crippen molar-refractivity contribution >= 4 is 11.6 Å². The molecule has 1 saturated heterocycles. The molecule has 64 valence electrons. The number of β-amino-alcohol motifs (C(OH)–C–C–N with tert-alkyl or cyclic N) is 1. The summed E-state index contributed by atoms with van der Waals surface area (Å²) < 4.78 is 0. The van der Waals surface area contributed by atoms with Crippen molar-refractivity contribution in [3.05, 3.63) is 12.4 Å². The van der Waals surface area contributed by atoms with E-state index in [0.717, 1.165) is 0 Å². The molecule has 1 aliphatic heterocycles. The molecule has 0 atom stereocenters. The summed E-state index contributed by atoms with van der Waals surface area (Å²) in [4.78, 5) is 9.92. The van der Waals surface area contributed by atoms with Gasteiger partial charge in [0.05, 0.1) is 24.2 Å². The van der Waals surface area contributed by atoms with Crippen LogP contribution >= 0.6 is 0 Å². The topological polar surface area (TPSA) is 75.3 Å². The molecule has 0 bridgehead atoms. The van der Waals surface area contributed by atoms with Crippen LogP contribution in [0.3, 0.4) is 0 Å². The predicted octanol–water partition coefficient (Wildman–Crippen LogP) is -0.760. The lowest BCUT2D eigenvalue weighted by Gasteiger charge is -2.35. The number of hydrogen-bond donors (Lipinski definition) is 2. The van der Waals surface area contributed by atoms with Crippen LogP contribution in [0.4, 0.5) is 11.6 Å². The van der Waals surface area contributed by atoms with E-state index in [1.54, 1.807) is 12.4 Å². The van der Waals surface area contributed by atoms with Crippen LogP contribution in [0.15, 0.2) is 12.4 Å². The van der Waals surface area contributed by atoms with Gasteiger partial charge in [-0.15, -0.1) is 0 Å². The third kappa shape index (κ3) is 1.18. The molecular formula is C7H10N4O. The average molecular weight is 166 g/mol. The van der Waals surface area contributed by atoms with Crippen molar-refractivity contribution in [2.24, 2.45) is 0 Å². The van der Waals surface area contributed by atoms with Crippen molar-refractivity contribution in [3.8, 4) is 0 Å². The first-order valence-corrected chi connectivity index (χ1v) is 3.76. The number of hydrogen-bond acceptors (Lipinski definition) is 5. The first kappa shape index (κ1) is 7.30. The van der Waals surface area contributed by atoms with Gasteiger partial charge in [-0.1, -0.05) is 0 Å². The second-order valence-corrected chi connectivity index (χ2v) is 2.88. The summed E-state index contributed by atoms with van der Waals surface area (Å²) in [5, 5.41) is 9.01. The highest BCUT2D eigenvalue weighted by molar-refractivity contribution is 5.39. The van der Waals surface area contributed by atoms with E-state index in [4.69, 9.17) is 10.8 Å². The summed E-state index contributed by atoms with van der Waals surface area (Å²) in [6.45, 7) is 1.23. The van der Waals surface area contributed by atoms with Gasteiger partial charge in [-0.2, -0.15) is 0 Å². The van der Waals surface area contributed by atoms with Crippen LogP contribution in [-0.4, -0.2) is 34.3 Å². The fourth-order valence-corrected chi connectivity index (χ4v) is 1.11. The molecular weight excluding hydrogens is 156 g/mol. The molecule has 0 aromatic carbocycles. The Hall–Kier alpha value is -1.36. The highest BCUT2D eigenvalue weighted by Crippen LogP contribution is 2.15. The maximum Gasteiger partial charge on any atom is 0.225 e. The molecule has 12 heavy (non-hydrogen) atoms. The van der Waals surface area contributed by atoms with Crippen molar-refractivity contribution in [2.75, 3.05) is 23.7 Å². The van der Waals surface area contributed by atoms with Crippen LogP contribution in [-0.2, 0) is 0 Å². The third-order valence-electron chi connectivity index (χ3n) is 1.80. The Kier molecular flexibility index (Phi) is 1.58. The molecule has 2 heterocycles. The summed E-state index contributed by atoms with van der Waals surface area (Å²) in [6, 6.07) is 0. The smallest absolute Gasteiger partial charge is 0.225 e. The number of nitrogen functional groups attached to an aromatic ring is 1. The lowest BCUT2D eigenvalue weighted by atomic mass is 10.2. The molecule has 0 unspecified atom stereocenters. The van der Waals surface area contributed by atoms with Crippen molar-refractivity contribution in [3.63, 3.8) is 0 Å². The second-order valence-electron chi connectivity index (χ2n) is 2.88. The standard InChI is InChI=1S/C7H10N4O/c8-5-1-9-7(10-2-5)11-3-6(12)4-11/h1-2,6,12H,3-4,8H2. The summed E-state index contributed by atoms with van der Waals surface area (Å²) in [6.07, 6.45) is 2.89. The molecule has 1 aromatic heterocycles. The van der Waals surface area contributed by atoms with Crippen LogP contribution in [0.2, 0.25) is 0 Å². The summed E-state index contributed by atoms with van der Waals surface area (Å²) in [5.74, 6) is 0.634. The van der Waals surface area contributed by atoms with Gasteiger partial charge in [-0.05, 0) is 0 Å². The van der Waals surface area contributed by atoms with Gasteiger partial charge in [0, 0.05) is 13.1 Å². The first-order chi connectivity index (χ1) is 5.75. The van der Waals surface area contributed by atoms with E-state index in [0.29, 0.717) is 24.7 Å². The van der Waals surface area contributed by atoms with E-state index in [9.17, 15) is 0 Å². The minimum Gasteiger partial charge on any atom is -0.396 e. The van der Waals surface area contributed by atoms with E-state index in [1.165, 1.54) is 0 Å². The minimum atomic E-state index is -0.230. The molecule has 5 heteroatoms. The molecule has 2 rings (SSSR count). The Bertz CT molecular complexity index is 267. The third-order valence-corrected chi connectivity index (χ3v) is 1.80. The number of aromatic nitrogens is 2. The van der Waals surface area contributed by atoms with Gasteiger partial charge >= 0.3 is 0 Å². The highest BCUT2D eigenvalue weighted by Gasteiger charge is 2.26. The van der Waals surface area contributed by atoms with Gasteiger partial charge in [0.2, 0.25) is 5.95 Å². The van der Waals surface area contributed by atoms with E-state index in [2.05, 4.69) is 9.97 Å². The Balaban J connectivity index is 2.09. The number of rotatable bonds is 1. The first-order valence-electron chi connectivity index (χ1n) is 3.76. The van der Waals surface area contributed by atoms with Gasteiger partial charge in [0.1, 0.15) is 0 Å². The molecule has 3 N–H and O–H groups in total. The molecule has 0 spiro atoms. The summed E-state index contributed by atoms with van der Waals surface area (Å²) in [5.41, 5.74) is 5.98. The Morgan fingerprint density at radius 3 is 2.50 bits per heavy atom. The fraction of sp³-hybridized carbons (Fsp3) is 0.429. The lowest BCUT2D eigenvalue weighted by Crippen LogP contribution is -2.51. The van der Waals surface area contributed by atoms with Crippen LogP contribution in [0.5, 0.6) is 0 Å². The van der Waals surface area contributed by atoms with Crippen molar-refractivity contribution in [1.29, 1.82) is 0 Å². The largest absolute Gasteiger partial charge is 0.396 e. The quantitative estimate of drug-likeness (QED) is 0.573. The van der Waals surface area contributed by atoms with Gasteiger partial charge in [0.15, 0.2) is 0 Å².